The lowest BCUT2D eigenvalue weighted by atomic mass is 9.94. The fourth-order valence-electron chi connectivity index (χ4n) is 4.01. The number of aromatic nitrogens is 3. The Morgan fingerprint density at radius 3 is 2.17 bits per heavy atom. The third kappa shape index (κ3) is 4.88. The van der Waals surface area contributed by atoms with Crippen LogP contribution in [0, 0.1) is 11.6 Å². The van der Waals surface area contributed by atoms with Crippen molar-refractivity contribution in [2.45, 2.75) is 76.6 Å². The van der Waals surface area contributed by atoms with Gasteiger partial charge in [0.15, 0.2) is 23.2 Å². The first-order valence-electron chi connectivity index (χ1n) is 10.7. The third-order valence-electron chi connectivity index (χ3n) is 5.76. The van der Waals surface area contributed by atoms with Crippen LogP contribution in [-0.4, -0.2) is 46.5 Å². The zero-order chi connectivity index (χ0) is 21.1. The molecule has 0 radical (unpaired) electrons. The Hall–Kier alpha value is -2.29. The molecule has 1 aliphatic carbocycles. The van der Waals surface area contributed by atoms with E-state index in [-0.39, 0.29) is 30.0 Å². The first-order valence-corrected chi connectivity index (χ1v) is 10.7. The number of hydrogen-bond donors (Lipinski definition) is 0. The Bertz CT molecular complexity index is 811. The molecule has 164 valence electrons. The van der Waals surface area contributed by atoms with Crippen LogP contribution in [-0.2, 0) is 4.74 Å². The summed E-state index contributed by atoms with van der Waals surface area (Å²) in [6.45, 7) is 5.73. The van der Waals surface area contributed by atoms with E-state index in [0.29, 0.717) is 18.9 Å². The molecule has 0 amide bonds. The lowest BCUT2D eigenvalue weighted by Gasteiger charge is -2.35. The van der Waals surface area contributed by atoms with Crippen molar-refractivity contribution in [2.75, 3.05) is 18.0 Å². The van der Waals surface area contributed by atoms with Gasteiger partial charge in [0.05, 0.1) is 30.7 Å². The van der Waals surface area contributed by atoms with E-state index in [2.05, 4.69) is 20.0 Å². The summed E-state index contributed by atoms with van der Waals surface area (Å²) in [5, 5.41) is 4.03. The summed E-state index contributed by atoms with van der Waals surface area (Å²) in [6, 6.07) is 0.588. The molecule has 1 saturated carbocycles. The fraction of sp³-hybridized carbons (Fsp3) is 0.667. The van der Waals surface area contributed by atoms with Crippen molar-refractivity contribution in [3.8, 4) is 5.75 Å². The lowest BCUT2D eigenvalue weighted by molar-refractivity contribution is -0.0535. The van der Waals surface area contributed by atoms with E-state index >= 15 is 0 Å². The number of nitrogens with zero attached hydrogens (tertiary/aromatic N) is 4. The molecule has 0 N–H and O–H groups in total. The van der Waals surface area contributed by atoms with Crippen molar-refractivity contribution in [3.63, 3.8) is 0 Å². The van der Waals surface area contributed by atoms with Crippen LogP contribution in [0.5, 0.6) is 5.75 Å². The second kappa shape index (κ2) is 9.24. The van der Waals surface area contributed by atoms with Crippen LogP contribution in [0.3, 0.4) is 0 Å². The summed E-state index contributed by atoms with van der Waals surface area (Å²) in [7, 11) is 0. The van der Waals surface area contributed by atoms with Gasteiger partial charge < -0.3 is 18.9 Å². The third-order valence-corrected chi connectivity index (χ3v) is 5.76. The highest BCUT2D eigenvalue weighted by molar-refractivity contribution is 5.26. The smallest absolute Gasteiger partial charge is 0.324 e. The summed E-state index contributed by atoms with van der Waals surface area (Å²) in [5.41, 5.74) is 0. The van der Waals surface area contributed by atoms with Gasteiger partial charge in [-0.15, -0.1) is 0 Å². The molecular formula is C21H28F2N4O3. The summed E-state index contributed by atoms with van der Waals surface area (Å²) in [5.74, 6) is -0.880. The standard InChI is InChI=1S/C21H28F2N4O3/c1-13(2)20-25-21(30-26-20)27-9-7-16(8-10-27)28-14-3-5-15(6-4-14)29-19-17(22)11-24-12-18(19)23/h11-16H,3-10H2,1-2H3/t14-,15-. The molecule has 2 aromatic rings. The number of pyridine rings is 1. The molecular weight excluding hydrogens is 394 g/mol. The zero-order valence-corrected chi connectivity index (χ0v) is 17.4. The average Bonchev–Trinajstić information content (AvgIpc) is 3.23. The van der Waals surface area contributed by atoms with Gasteiger partial charge in [-0.05, 0) is 38.5 Å². The molecule has 30 heavy (non-hydrogen) atoms. The second-order valence-corrected chi connectivity index (χ2v) is 8.36. The van der Waals surface area contributed by atoms with Gasteiger partial charge in [-0.2, -0.15) is 4.98 Å². The fourth-order valence-corrected chi connectivity index (χ4v) is 4.01. The van der Waals surface area contributed by atoms with Crippen LogP contribution in [0.4, 0.5) is 14.8 Å². The first kappa shape index (κ1) is 21.0. The van der Waals surface area contributed by atoms with Crippen molar-refractivity contribution >= 4 is 6.01 Å². The molecule has 4 rings (SSSR count). The molecule has 2 aromatic heterocycles. The Balaban J connectivity index is 1.20. The first-order chi connectivity index (χ1) is 14.5. The molecule has 1 aliphatic heterocycles. The molecule has 0 unspecified atom stereocenters. The van der Waals surface area contributed by atoms with E-state index in [4.69, 9.17) is 14.0 Å². The minimum absolute atomic E-state index is 0.157. The minimum atomic E-state index is -0.762. The molecule has 0 bridgehead atoms. The summed E-state index contributed by atoms with van der Waals surface area (Å²) < 4.78 is 44.7. The Morgan fingerprint density at radius 2 is 1.57 bits per heavy atom. The number of rotatable bonds is 6. The van der Waals surface area contributed by atoms with Crippen molar-refractivity contribution < 1.29 is 22.8 Å². The maximum absolute atomic E-state index is 13.7. The Morgan fingerprint density at radius 1 is 0.967 bits per heavy atom. The van der Waals surface area contributed by atoms with Gasteiger partial charge in [0, 0.05) is 19.0 Å². The van der Waals surface area contributed by atoms with Gasteiger partial charge in [-0.1, -0.05) is 19.0 Å². The predicted octanol–water partition coefficient (Wildman–Crippen LogP) is 4.24. The van der Waals surface area contributed by atoms with Crippen LogP contribution in [0.25, 0.3) is 0 Å². The zero-order valence-electron chi connectivity index (χ0n) is 17.4. The number of halogens is 2. The largest absolute Gasteiger partial charge is 0.484 e. The molecule has 2 aliphatic rings. The quantitative estimate of drug-likeness (QED) is 0.689. The van der Waals surface area contributed by atoms with Crippen molar-refractivity contribution in [1.82, 2.24) is 15.1 Å². The number of hydrogen-bond acceptors (Lipinski definition) is 7. The highest BCUT2D eigenvalue weighted by Gasteiger charge is 2.29. The summed E-state index contributed by atoms with van der Waals surface area (Å²) in [6.07, 6.45) is 6.97. The number of anilines is 1. The molecule has 1 saturated heterocycles. The van der Waals surface area contributed by atoms with E-state index in [1.807, 2.05) is 13.8 Å². The average molecular weight is 422 g/mol. The van der Waals surface area contributed by atoms with E-state index in [1.165, 1.54) is 0 Å². The van der Waals surface area contributed by atoms with Gasteiger partial charge in [0.2, 0.25) is 0 Å². The van der Waals surface area contributed by atoms with Gasteiger partial charge >= 0.3 is 6.01 Å². The molecule has 3 heterocycles. The highest BCUT2D eigenvalue weighted by Crippen LogP contribution is 2.30. The molecule has 0 aromatic carbocycles. The van der Waals surface area contributed by atoms with E-state index in [1.54, 1.807) is 0 Å². The second-order valence-electron chi connectivity index (χ2n) is 8.36. The maximum Gasteiger partial charge on any atom is 0.324 e. The van der Waals surface area contributed by atoms with E-state index < -0.39 is 11.6 Å². The van der Waals surface area contributed by atoms with Crippen LogP contribution in [0.15, 0.2) is 16.9 Å². The molecule has 0 atom stereocenters. The molecule has 7 nitrogen and oxygen atoms in total. The van der Waals surface area contributed by atoms with Gasteiger partial charge in [0.25, 0.3) is 0 Å². The molecule has 9 heteroatoms. The number of ether oxygens (including phenoxy) is 2. The molecule has 2 fully saturated rings. The highest BCUT2D eigenvalue weighted by atomic mass is 19.1. The van der Waals surface area contributed by atoms with Crippen LogP contribution in [0.1, 0.15) is 64.1 Å². The van der Waals surface area contributed by atoms with Crippen molar-refractivity contribution in [1.29, 1.82) is 0 Å². The van der Waals surface area contributed by atoms with Crippen LogP contribution in [0.2, 0.25) is 0 Å². The Labute approximate surface area is 174 Å². The minimum Gasteiger partial charge on any atom is -0.484 e. The maximum atomic E-state index is 13.7. The SMILES string of the molecule is CC(C)c1noc(N2CCC(O[C@H]3CC[C@H](Oc4c(F)cncc4F)CC3)CC2)n1. The normalized spacial score (nSPS) is 23.2. The number of piperidine rings is 1. The topological polar surface area (TPSA) is 73.5 Å². The van der Waals surface area contributed by atoms with Gasteiger partial charge in [-0.3, -0.25) is 4.98 Å². The van der Waals surface area contributed by atoms with Gasteiger partial charge in [-0.25, -0.2) is 8.78 Å². The Kier molecular flexibility index (Phi) is 6.46. The van der Waals surface area contributed by atoms with Crippen LogP contribution >= 0.6 is 0 Å². The van der Waals surface area contributed by atoms with Crippen molar-refractivity contribution in [3.05, 3.63) is 29.9 Å². The van der Waals surface area contributed by atoms with E-state index in [9.17, 15) is 8.78 Å². The summed E-state index contributed by atoms with van der Waals surface area (Å²) in [4.78, 5) is 10.1. The van der Waals surface area contributed by atoms with Gasteiger partial charge in [0.1, 0.15) is 0 Å². The van der Waals surface area contributed by atoms with E-state index in [0.717, 1.165) is 57.0 Å². The monoisotopic (exact) mass is 422 g/mol. The van der Waals surface area contributed by atoms with Crippen molar-refractivity contribution in [2.24, 2.45) is 0 Å². The predicted molar refractivity (Wildman–Crippen MR) is 106 cm³/mol. The lowest BCUT2D eigenvalue weighted by Crippen LogP contribution is -2.39. The molecule has 0 spiro atoms. The summed E-state index contributed by atoms with van der Waals surface area (Å²) >= 11 is 0. The van der Waals surface area contributed by atoms with Crippen LogP contribution < -0.4 is 9.64 Å².